The van der Waals surface area contributed by atoms with E-state index in [4.69, 9.17) is 9.97 Å². The number of phenolic OH excluding ortho intramolecular Hbond substituents is 1. The highest BCUT2D eigenvalue weighted by Crippen LogP contribution is 2.44. The minimum absolute atomic E-state index is 0.00269. The molecule has 0 unspecified atom stereocenters. The van der Waals surface area contributed by atoms with Gasteiger partial charge in [0, 0.05) is 17.3 Å². The molecule has 6 aromatic rings. The molecule has 0 saturated heterocycles. The number of hydrogen-bond acceptors (Lipinski definition) is 3. The van der Waals surface area contributed by atoms with Crippen molar-refractivity contribution in [3.05, 3.63) is 119 Å². The summed E-state index contributed by atoms with van der Waals surface area (Å²) < 4.78 is 2.34. The monoisotopic (exact) mass is 691 g/mol. The third-order valence-corrected chi connectivity index (χ3v) is 10.4. The summed E-state index contributed by atoms with van der Waals surface area (Å²) in [6.45, 7) is 29.5. The van der Waals surface area contributed by atoms with Crippen molar-refractivity contribution >= 4 is 11.0 Å². The molecule has 0 radical (unpaired) electrons. The van der Waals surface area contributed by atoms with Crippen LogP contribution in [-0.2, 0) is 16.2 Å². The first-order valence-corrected chi connectivity index (χ1v) is 18.9. The van der Waals surface area contributed by atoms with E-state index >= 15 is 0 Å². The fourth-order valence-corrected chi connectivity index (χ4v) is 7.09. The number of nitrogens with zero attached hydrogens (tertiary/aromatic N) is 3. The van der Waals surface area contributed by atoms with Gasteiger partial charge in [-0.2, -0.15) is 0 Å². The lowest BCUT2D eigenvalue weighted by Crippen LogP contribution is -2.13. The first-order chi connectivity index (χ1) is 24.3. The van der Waals surface area contributed by atoms with E-state index in [1.807, 2.05) is 24.4 Å². The van der Waals surface area contributed by atoms with E-state index in [-0.39, 0.29) is 33.8 Å². The molecular weight excluding hydrogens is 635 g/mol. The number of fused-ring (bicyclic) bond motifs is 1. The third-order valence-electron chi connectivity index (χ3n) is 10.4. The molecule has 52 heavy (non-hydrogen) atoms. The number of aromatic hydroxyl groups is 1. The Morgan fingerprint density at radius 3 is 1.73 bits per heavy atom. The molecule has 2 aromatic heterocycles. The zero-order valence-corrected chi connectivity index (χ0v) is 33.6. The molecule has 270 valence electrons. The van der Waals surface area contributed by atoms with E-state index in [0.29, 0.717) is 5.56 Å². The molecule has 0 saturated carbocycles. The van der Waals surface area contributed by atoms with Crippen molar-refractivity contribution in [2.45, 2.75) is 118 Å². The van der Waals surface area contributed by atoms with Crippen LogP contribution in [0.2, 0.25) is 0 Å². The van der Waals surface area contributed by atoms with Crippen LogP contribution in [0.15, 0.2) is 91.1 Å². The molecule has 4 nitrogen and oxygen atoms in total. The van der Waals surface area contributed by atoms with E-state index < -0.39 is 0 Å². The normalized spacial score (nSPS) is 12.8. The van der Waals surface area contributed by atoms with Gasteiger partial charge in [0.05, 0.1) is 28.0 Å². The predicted molar refractivity (Wildman–Crippen MR) is 221 cm³/mol. The van der Waals surface area contributed by atoms with Crippen LogP contribution < -0.4 is 0 Å². The summed E-state index contributed by atoms with van der Waals surface area (Å²) in [5, 5.41) is 11.4. The highest BCUT2D eigenvalue weighted by atomic mass is 16.3. The molecular formula is C48H57N3O. The van der Waals surface area contributed by atoms with E-state index in [1.165, 1.54) is 27.8 Å². The quantitative estimate of drug-likeness (QED) is 0.189. The van der Waals surface area contributed by atoms with Gasteiger partial charge in [0.15, 0.2) is 0 Å². The smallest absolute Gasteiger partial charge is 0.149 e. The van der Waals surface area contributed by atoms with Gasteiger partial charge >= 0.3 is 0 Å². The van der Waals surface area contributed by atoms with Crippen molar-refractivity contribution in [2.24, 2.45) is 0 Å². The molecule has 0 fully saturated rings. The maximum absolute atomic E-state index is 11.4. The van der Waals surface area contributed by atoms with Gasteiger partial charge in [0.1, 0.15) is 11.6 Å². The van der Waals surface area contributed by atoms with Crippen molar-refractivity contribution in [1.82, 2.24) is 14.5 Å². The van der Waals surface area contributed by atoms with E-state index in [1.54, 1.807) is 6.07 Å². The van der Waals surface area contributed by atoms with Crippen LogP contribution in [0.5, 0.6) is 5.75 Å². The fraction of sp³-hybridized carbons (Fsp3) is 0.375. The number of benzene rings is 4. The molecule has 0 spiro atoms. The predicted octanol–water partition coefficient (Wildman–Crippen LogP) is 13.3. The summed E-state index contributed by atoms with van der Waals surface area (Å²) in [5.41, 5.74) is 14.0. The Bertz CT molecular complexity index is 2240. The van der Waals surface area contributed by atoms with Crippen LogP contribution in [0.1, 0.15) is 130 Å². The van der Waals surface area contributed by atoms with E-state index in [9.17, 15) is 5.11 Å². The summed E-state index contributed by atoms with van der Waals surface area (Å²) in [7, 11) is 0. The molecule has 4 heteroatoms. The van der Waals surface area contributed by atoms with E-state index in [2.05, 4.69) is 155 Å². The maximum Gasteiger partial charge on any atom is 0.149 e. The zero-order valence-electron chi connectivity index (χ0n) is 33.6. The summed E-state index contributed by atoms with van der Waals surface area (Å²) >= 11 is 0. The van der Waals surface area contributed by atoms with Gasteiger partial charge in [-0.1, -0.05) is 126 Å². The zero-order chi connectivity index (χ0) is 37.9. The molecule has 0 bridgehead atoms. The van der Waals surface area contributed by atoms with Gasteiger partial charge in [0.25, 0.3) is 0 Å². The molecule has 4 aromatic carbocycles. The Morgan fingerprint density at radius 2 is 1.15 bits per heavy atom. The number of para-hydroxylation sites is 2. The number of pyridine rings is 1. The van der Waals surface area contributed by atoms with Crippen molar-refractivity contribution in [3.8, 4) is 45.2 Å². The molecule has 6 rings (SSSR count). The highest BCUT2D eigenvalue weighted by Gasteiger charge is 2.28. The maximum atomic E-state index is 11.4. The van der Waals surface area contributed by atoms with Crippen LogP contribution >= 0.6 is 0 Å². The second-order valence-corrected chi connectivity index (χ2v) is 18.3. The molecule has 0 aliphatic carbocycles. The SMILES string of the molecule is CC(C)c1cccc(C(C)C)c1-n1c(-c2ccccc2O)nc2c(-c3cc(-c4cc(C(C)(C)C)ccn4)cc(C(C)(C)C)c3)cc(C(C)(C)C)cc21. The average Bonchev–Trinajstić information content (AvgIpc) is 3.45. The number of imidazole rings is 1. The van der Waals surface area contributed by atoms with Gasteiger partial charge < -0.3 is 5.11 Å². The van der Waals surface area contributed by atoms with Crippen LogP contribution in [0.4, 0.5) is 0 Å². The van der Waals surface area contributed by atoms with Crippen molar-refractivity contribution in [3.63, 3.8) is 0 Å². The largest absolute Gasteiger partial charge is 0.507 e. The van der Waals surface area contributed by atoms with Gasteiger partial charge in [0.2, 0.25) is 0 Å². The lowest BCUT2D eigenvalue weighted by Gasteiger charge is -2.25. The second-order valence-electron chi connectivity index (χ2n) is 18.3. The van der Waals surface area contributed by atoms with Crippen LogP contribution in [-0.4, -0.2) is 19.6 Å². The fourth-order valence-electron chi connectivity index (χ4n) is 7.09. The Morgan fingerprint density at radius 1 is 0.577 bits per heavy atom. The molecule has 0 atom stereocenters. The number of aromatic nitrogens is 3. The Kier molecular flexibility index (Phi) is 9.53. The molecule has 0 aliphatic rings. The van der Waals surface area contributed by atoms with Gasteiger partial charge in [-0.3, -0.25) is 9.55 Å². The Balaban J connectivity index is 1.79. The third kappa shape index (κ3) is 7.05. The molecule has 2 heterocycles. The van der Waals surface area contributed by atoms with E-state index in [0.717, 1.165) is 44.9 Å². The lowest BCUT2D eigenvalue weighted by atomic mass is 9.81. The number of rotatable bonds is 6. The lowest BCUT2D eigenvalue weighted by molar-refractivity contribution is 0.477. The summed E-state index contributed by atoms with van der Waals surface area (Å²) in [6, 6.07) is 30.3. The van der Waals surface area contributed by atoms with Gasteiger partial charge in [-0.25, -0.2) is 4.98 Å². The minimum Gasteiger partial charge on any atom is -0.507 e. The second kappa shape index (κ2) is 13.4. The van der Waals surface area contributed by atoms with Crippen molar-refractivity contribution < 1.29 is 5.11 Å². The first kappa shape index (κ1) is 37.1. The standard InChI is InChI=1S/C48H57N3O/c1-29(2)36-18-16-19-37(30(3)4)44(36)51-41-28-35(48(11,12)13)26-39(43(41)50-45(51)38-17-14-15-20-42(38)52)31-23-32(25-34(24-31)47(8,9)10)40-27-33(21-22-49-40)46(5,6)7/h14-30,52H,1-13H3. The Labute approximate surface area is 312 Å². The van der Waals surface area contributed by atoms with Crippen molar-refractivity contribution in [2.75, 3.05) is 0 Å². The highest BCUT2D eigenvalue weighted by molar-refractivity contribution is 5.98. The summed E-state index contributed by atoms with van der Waals surface area (Å²) in [4.78, 5) is 10.5. The number of hydrogen-bond donors (Lipinski definition) is 1. The molecule has 0 aliphatic heterocycles. The molecule has 0 amide bonds. The number of phenols is 1. The van der Waals surface area contributed by atoms with Gasteiger partial charge in [-0.05, 0) is 110 Å². The average molecular weight is 692 g/mol. The van der Waals surface area contributed by atoms with Gasteiger partial charge in [-0.15, -0.1) is 0 Å². The Hall–Kier alpha value is -4.70. The molecule has 1 N–H and O–H groups in total. The topological polar surface area (TPSA) is 50.9 Å². The van der Waals surface area contributed by atoms with Crippen LogP contribution in [0.25, 0.3) is 50.5 Å². The summed E-state index contributed by atoms with van der Waals surface area (Å²) in [5.74, 6) is 1.50. The van der Waals surface area contributed by atoms with Crippen LogP contribution in [0.3, 0.4) is 0 Å². The van der Waals surface area contributed by atoms with Crippen molar-refractivity contribution in [1.29, 1.82) is 0 Å². The minimum atomic E-state index is -0.140. The summed E-state index contributed by atoms with van der Waals surface area (Å²) in [6.07, 6.45) is 1.94. The van der Waals surface area contributed by atoms with Crippen LogP contribution in [0, 0.1) is 0 Å². The first-order valence-electron chi connectivity index (χ1n) is 18.9.